The number of rotatable bonds is 7. The van der Waals surface area contributed by atoms with Crippen molar-refractivity contribution < 1.29 is 0 Å². The Morgan fingerprint density at radius 3 is 2.77 bits per heavy atom. The largest absolute Gasteiger partial charge is 0.335 e. The summed E-state index contributed by atoms with van der Waals surface area (Å²) in [4.78, 5) is 9.04. The molecule has 156 valence electrons. The molecule has 5 heteroatoms. The number of pyridine rings is 1. The Labute approximate surface area is 184 Å². The molecule has 1 aliphatic heterocycles. The molecule has 0 spiro atoms. The van der Waals surface area contributed by atoms with Crippen molar-refractivity contribution in [1.29, 1.82) is 0 Å². The van der Waals surface area contributed by atoms with Gasteiger partial charge in [0.1, 0.15) is 5.82 Å². The van der Waals surface area contributed by atoms with E-state index in [0.29, 0.717) is 5.92 Å². The highest BCUT2D eigenvalue weighted by Crippen LogP contribution is 2.38. The zero-order valence-corrected chi connectivity index (χ0v) is 18.2. The Bertz CT molecular complexity index is 974. The van der Waals surface area contributed by atoms with Gasteiger partial charge in [0.05, 0.1) is 0 Å². The first-order chi connectivity index (χ1) is 14.7. The van der Waals surface area contributed by atoms with Gasteiger partial charge in [-0.15, -0.1) is 0 Å². The molecule has 4 nitrogen and oxygen atoms in total. The molecule has 0 saturated carbocycles. The zero-order valence-electron chi connectivity index (χ0n) is 17.5. The molecule has 1 atom stereocenters. The van der Waals surface area contributed by atoms with Crippen LogP contribution in [0.5, 0.6) is 0 Å². The fourth-order valence-electron chi connectivity index (χ4n) is 4.43. The predicted octanol–water partition coefficient (Wildman–Crippen LogP) is 5.47. The standard InChI is InChI=1S/C25H29ClN4/c1-19-28-15-17-30(19)16-5-3-6-21-18-22(26)8-9-23(21)25(20-10-13-27-14-11-20)24-7-2-4-12-29-24/h2-4,6-9,12,15,17-18,20,25,27H,5,10-11,13-14,16H2,1H3/b6-3+. The van der Waals surface area contributed by atoms with Gasteiger partial charge in [0.15, 0.2) is 0 Å². The van der Waals surface area contributed by atoms with Crippen molar-refractivity contribution in [2.45, 2.75) is 38.6 Å². The molecule has 0 radical (unpaired) electrons. The van der Waals surface area contributed by atoms with Crippen molar-refractivity contribution in [3.63, 3.8) is 0 Å². The minimum atomic E-state index is 0.279. The highest BCUT2D eigenvalue weighted by Gasteiger charge is 2.28. The second kappa shape index (κ2) is 10.1. The Morgan fingerprint density at radius 2 is 2.03 bits per heavy atom. The second-order valence-corrected chi connectivity index (χ2v) is 8.39. The summed E-state index contributed by atoms with van der Waals surface area (Å²) in [6.07, 6.45) is 13.5. The molecule has 1 fully saturated rings. The van der Waals surface area contributed by atoms with E-state index < -0.39 is 0 Å². The van der Waals surface area contributed by atoms with Crippen LogP contribution >= 0.6 is 11.6 Å². The van der Waals surface area contributed by atoms with Gasteiger partial charge >= 0.3 is 0 Å². The van der Waals surface area contributed by atoms with Gasteiger partial charge in [0.2, 0.25) is 0 Å². The summed E-state index contributed by atoms with van der Waals surface area (Å²) in [5.74, 6) is 1.90. The van der Waals surface area contributed by atoms with Crippen LogP contribution in [0, 0.1) is 12.8 Å². The van der Waals surface area contributed by atoms with Crippen LogP contribution in [0.3, 0.4) is 0 Å². The summed E-state index contributed by atoms with van der Waals surface area (Å²) in [5, 5.41) is 4.27. The first-order valence-electron chi connectivity index (χ1n) is 10.8. The zero-order chi connectivity index (χ0) is 20.8. The Morgan fingerprint density at radius 1 is 1.17 bits per heavy atom. The maximum atomic E-state index is 6.40. The Hall–Kier alpha value is -2.43. The smallest absolute Gasteiger partial charge is 0.105 e. The number of benzene rings is 1. The second-order valence-electron chi connectivity index (χ2n) is 7.95. The van der Waals surface area contributed by atoms with Crippen LogP contribution in [0.2, 0.25) is 5.02 Å². The van der Waals surface area contributed by atoms with Crippen LogP contribution < -0.4 is 5.32 Å². The average molecular weight is 421 g/mol. The number of piperidine rings is 1. The van der Waals surface area contributed by atoms with Crippen LogP contribution in [0.4, 0.5) is 0 Å². The fraction of sp³-hybridized carbons (Fsp3) is 0.360. The molecule has 1 aliphatic rings. The van der Waals surface area contributed by atoms with Crippen molar-refractivity contribution in [3.8, 4) is 0 Å². The first kappa shape index (κ1) is 20.8. The van der Waals surface area contributed by atoms with Gasteiger partial charge in [-0.1, -0.05) is 35.9 Å². The molecule has 2 aromatic heterocycles. The lowest BCUT2D eigenvalue weighted by molar-refractivity contribution is 0.339. The van der Waals surface area contributed by atoms with Gasteiger partial charge in [-0.3, -0.25) is 4.98 Å². The molecule has 1 unspecified atom stereocenters. The quantitative estimate of drug-likeness (QED) is 0.550. The lowest BCUT2D eigenvalue weighted by atomic mass is 9.76. The van der Waals surface area contributed by atoms with Gasteiger partial charge in [-0.2, -0.15) is 0 Å². The number of hydrogen-bond acceptors (Lipinski definition) is 3. The number of allylic oxidation sites excluding steroid dienone is 1. The summed E-state index contributed by atoms with van der Waals surface area (Å²) < 4.78 is 2.18. The summed E-state index contributed by atoms with van der Waals surface area (Å²) in [6.45, 7) is 5.10. The molecule has 0 bridgehead atoms. The van der Waals surface area contributed by atoms with Crippen LogP contribution in [-0.2, 0) is 6.54 Å². The van der Waals surface area contributed by atoms with Gasteiger partial charge in [-0.25, -0.2) is 4.98 Å². The van der Waals surface area contributed by atoms with Crippen molar-refractivity contribution >= 4 is 17.7 Å². The Balaban J connectivity index is 1.62. The van der Waals surface area contributed by atoms with Gasteiger partial charge in [0, 0.05) is 41.8 Å². The van der Waals surface area contributed by atoms with E-state index in [1.807, 2.05) is 37.6 Å². The van der Waals surface area contributed by atoms with E-state index in [9.17, 15) is 0 Å². The third kappa shape index (κ3) is 5.00. The van der Waals surface area contributed by atoms with Gasteiger partial charge in [-0.05, 0) is 80.6 Å². The van der Waals surface area contributed by atoms with Gasteiger partial charge in [0.25, 0.3) is 0 Å². The number of hydrogen-bond donors (Lipinski definition) is 1. The van der Waals surface area contributed by atoms with Crippen molar-refractivity contribution in [3.05, 3.63) is 88.7 Å². The van der Waals surface area contributed by atoms with E-state index in [0.717, 1.165) is 55.4 Å². The number of imidazole rings is 1. The molecule has 0 amide bonds. The monoisotopic (exact) mass is 420 g/mol. The number of nitrogens with zero attached hydrogens (tertiary/aromatic N) is 3. The third-order valence-corrected chi connectivity index (χ3v) is 6.24. The molecule has 30 heavy (non-hydrogen) atoms. The van der Waals surface area contributed by atoms with Crippen molar-refractivity contribution in [1.82, 2.24) is 19.9 Å². The third-order valence-electron chi connectivity index (χ3n) is 6.00. The van der Waals surface area contributed by atoms with E-state index in [4.69, 9.17) is 16.6 Å². The summed E-state index contributed by atoms with van der Waals surface area (Å²) >= 11 is 6.40. The lowest BCUT2D eigenvalue weighted by Gasteiger charge is -2.32. The topological polar surface area (TPSA) is 42.7 Å². The number of aromatic nitrogens is 3. The average Bonchev–Trinajstić information content (AvgIpc) is 3.19. The van der Waals surface area contributed by atoms with E-state index in [1.54, 1.807) is 0 Å². The predicted molar refractivity (Wildman–Crippen MR) is 124 cm³/mol. The van der Waals surface area contributed by atoms with E-state index in [-0.39, 0.29) is 5.92 Å². The summed E-state index contributed by atoms with van der Waals surface area (Å²) in [7, 11) is 0. The van der Waals surface area contributed by atoms with Crippen LogP contribution in [0.25, 0.3) is 6.08 Å². The lowest BCUT2D eigenvalue weighted by Crippen LogP contribution is -2.31. The fourth-order valence-corrected chi connectivity index (χ4v) is 4.61. The molecular weight excluding hydrogens is 392 g/mol. The number of nitrogens with one attached hydrogen (secondary N) is 1. The molecule has 1 N–H and O–H groups in total. The number of halogens is 1. The molecule has 3 heterocycles. The van der Waals surface area contributed by atoms with Crippen LogP contribution in [-0.4, -0.2) is 27.6 Å². The first-order valence-corrected chi connectivity index (χ1v) is 11.2. The highest BCUT2D eigenvalue weighted by atomic mass is 35.5. The molecule has 1 aromatic carbocycles. The summed E-state index contributed by atoms with van der Waals surface area (Å²) in [6, 6.07) is 12.5. The highest BCUT2D eigenvalue weighted by molar-refractivity contribution is 6.30. The van der Waals surface area contributed by atoms with Crippen molar-refractivity contribution in [2.24, 2.45) is 5.92 Å². The summed E-state index contributed by atoms with van der Waals surface area (Å²) in [5.41, 5.74) is 3.66. The Kier molecular flexibility index (Phi) is 6.98. The van der Waals surface area contributed by atoms with Gasteiger partial charge < -0.3 is 9.88 Å². The minimum Gasteiger partial charge on any atom is -0.335 e. The molecule has 4 rings (SSSR count). The van der Waals surface area contributed by atoms with Crippen molar-refractivity contribution in [2.75, 3.05) is 13.1 Å². The van der Waals surface area contributed by atoms with E-state index in [1.165, 1.54) is 11.1 Å². The normalized spacial score (nSPS) is 16.2. The molecule has 1 saturated heterocycles. The van der Waals surface area contributed by atoms with Crippen LogP contribution in [0.1, 0.15) is 47.8 Å². The van der Waals surface area contributed by atoms with E-state index in [2.05, 4.69) is 51.3 Å². The molecule has 0 aliphatic carbocycles. The van der Waals surface area contributed by atoms with E-state index >= 15 is 0 Å². The minimum absolute atomic E-state index is 0.279. The maximum Gasteiger partial charge on any atom is 0.105 e. The molecular formula is C25H29ClN4. The SMILES string of the molecule is Cc1nccn1CC/C=C/c1cc(Cl)ccc1C(c1ccccn1)C1CCNCC1. The van der Waals surface area contributed by atoms with Crippen LogP contribution in [0.15, 0.2) is 61.1 Å². The number of aryl methyl sites for hydroxylation is 2. The maximum absolute atomic E-state index is 6.40. The molecule has 3 aromatic rings.